The maximum Gasteiger partial charge on any atom is 0.337 e. The number of rotatable bonds is 2. The van der Waals surface area contributed by atoms with Gasteiger partial charge < -0.3 is 9.67 Å². The summed E-state index contributed by atoms with van der Waals surface area (Å²) in [6.45, 7) is 3.92. The molecule has 17 heavy (non-hydrogen) atoms. The molecule has 0 saturated carbocycles. The summed E-state index contributed by atoms with van der Waals surface area (Å²) < 4.78 is 2.80. The zero-order valence-corrected chi connectivity index (χ0v) is 11.2. The molecule has 0 fully saturated rings. The molecule has 0 spiro atoms. The Bertz CT molecular complexity index is 568. The van der Waals surface area contributed by atoms with Crippen molar-refractivity contribution in [3.8, 4) is 5.69 Å². The number of nitrogens with zero attached hydrogens (tertiary/aromatic N) is 1. The molecule has 0 saturated heterocycles. The normalized spacial score (nSPS) is 10.5. The molecular formula is C13H12BrNO2. The van der Waals surface area contributed by atoms with E-state index in [2.05, 4.69) is 15.9 Å². The highest BCUT2D eigenvalue weighted by Gasteiger charge is 2.14. The summed E-state index contributed by atoms with van der Waals surface area (Å²) >= 11 is 3.37. The van der Waals surface area contributed by atoms with Gasteiger partial charge in [-0.05, 0) is 44.2 Å². The second-order valence-corrected chi connectivity index (χ2v) is 4.83. The highest BCUT2D eigenvalue weighted by atomic mass is 79.9. The number of aryl methyl sites for hydroxylation is 2. The van der Waals surface area contributed by atoms with Crippen molar-refractivity contribution < 1.29 is 9.90 Å². The van der Waals surface area contributed by atoms with Crippen molar-refractivity contribution >= 4 is 21.9 Å². The van der Waals surface area contributed by atoms with Crippen molar-refractivity contribution in [3.05, 3.63) is 51.8 Å². The number of carboxylic acid groups (broad SMARTS) is 1. The van der Waals surface area contributed by atoms with Crippen molar-refractivity contribution in [2.45, 2.75) is 13.8 Å². The smallest absolute Gasteiger partial charge is 0.337 e. The van der Waals surface area contributed by atoms with Crippen LogP contribution in [0, 0.1) is 13.8 Å². The first-order chi connectivity index (χ1) is 8.00. The minimum Gasteiger partial charge on any atom is -0.478 e. The number of aromatic nitrogens is 1. The number of carboxylic acids is 1. The molecule has 1 N–H and O–H groups in total. The molecule has 2 aromatic rings. The molecule has 0 amide bonds. The van der Waals surface area contributed by atoms with Gasteiger partial charge in [-0.2, -0.15) is 0 Å². The van der Waals surface area contributed by atoms with Crippen molar-refractivity contribution in [2.24, 2.45) is 0 Å². The topological polar surface area (TPSA) is 42.2 Å². The zero-order chi connectivity index (χ0) is 12.6. The van der Waals surface area contributed by atoms with Crippen LogP contribution in [0.4, 0.5) is 0 Å². The van der Waals surface area contributed by atoms with E-state index in [0.717, 1.165) is 15.9 Å². The van der Waals surface area contributed by atoms with E-state index in [4.69, 9.17) is 0 Å². The molecule has 0 bridgehead atoms. The summed E-state index contributed by atoms with van der Waals surface area (Å²) in [7, 11) is 0. The summed E-state index contributed by atoms with van der Waals surface area (Å²) in [6, 6.07) is 9.12. The molecule has 1 aromatic carbocycles. The third-order valence-electron chi connectivity index (χ3n) is 2.70. The molecule has 4 heteroatoms. The molecule has 1 aromatic heterocycles. The van der Waals surface area contributed by atoms with Gasteiger partial charge in [0.1, 0.15) is 0 Å². The molecule has 0 aliphatic carbocycles. The second kappa shape index (κ2) is 4.37. The van der Waals surface area contributed by atoms with Crippen LogP contribution in [0.1, 0.15) is 21.7 Å². The maximum absolute atomic E-state index is 11.2. The van der Waals surface area contributed by atoms with Crippen LogP contribution < -0.4 is 0 Å². The molecule has 0 aliphatic heterocycles. The summed E-state index contributed by atoms with van der Waals surface area (Å²) in [5.74, 6) is -0.917. The Morgan fingerprint density at radius 2 is 1.76 bits per heavy atom. The first kappa shape index (κ1) is 11.9. The van der Waals surface area contributed by atoms with E-state index < -0.39 is 5.97 Å². The highest BCUT2D eigenvalue weighted by Crippen LogP contribution is 2.24. The lowest BCUT2D eigenvalue weighted by molar-refractivity contribution is 0.0697. The Morgan fingerprint density at radius 3 is 2.29 bits per heavy atom. The average molecular weight is 294 g/mol. The Hall–Kier alpha value is -1.55. The van der Waals surface area contributed by atoms with Gasteiger partial charge in [0.25, 0.3) is 0 Å². The fraction of sp³-hybridized carbons (Fsp3) is 0.154. The summed E-state index contributed by atoms with van der Waals surface area (Å²) in [4.78, 5) is 11.2. The van der Waals surface area contributed by atoms with E-state index in [1.54, 1.807) is 12.1 Å². The summed E-state index contributed by atoms with van der Waals surface area (Å²) in [5, 5.41) is 9.21. The van der Waals surface area contributed by atoms with Crippen LogP contribution in [-0.2, 0) is 0 Å². The third-order valence-corrected chi connectivity index (χ3v) is 3.20. The largest absolute Gasteiger partial charge is 0.478 e. The minimum atomic E-state index is -0.917. The van der Waals surface area contributed by atoms with Crippen molar-refractivity contribution in [1.82, 2.24) is 4.57 Å². The van der Waals surface area contributed by atoms with Crippen LogP contribution in [-0.4, -0.2) is 15.6 Å². The quantitative estimate of drug-likeness (QED) is 0.920. The number of hydrogen-bond acceptors (Lipinski definition) is 1. The molecule has 0 unspecified atom stereocenters. The Labute approximate surface area is 108 Å². The monoisotopic (exact) mass is 293 g/mol. The fourth-order valence-electron chi connectivity index (χ4n) is 1.92. The molecule has 88 valence electrons. The van der Waals surface area contributed by atoms with Gasteiger partial charge in [0.15, 0.2) is 0 Å². The van der Waals surface area contributed by atoms with E-state index >= 15 is 0 Å². The molecule has 0 atom stereocenters. The van der Waals surface area contributed by atoms with Crippen LogP contribution in [0.2, 0.25) is 0 Å². The molecule has 2 rings (SSSR count). The van der Waals surface area contributed by atoms with Crippen LogP contribution in [0.25, 0.3) is 5.69 Å². The van der Waals surface area contributed by atoms with Gasteiger partial charge in [0.2, 0.25) is 0 Å². The standard InChI is InChI=1S/C13H12BrNO2/c1-8-3-4-9(2)15(8)12-7-10(14)5-6-11(12)13(16)17/h3-7H,1-2H3,(H,16,17). The fourth-order valence-corrected chi connectivity index (χ4v) is 2.27. The van der Waals surface area contributed by atoms with Gasteiger partial charge in [-0.3, -0.25) is 0 Å². The van der Waals surface area contributed by atoms with E-state index in [9.17, 15) is 9.90 Å². The molecular weight excluding hydrogens is 282 g/mol. The lowest BCUT2D eigenvalue weighted by Crippen LogP contribution is -2.07. The van der Waals surface area contributed by atoms with Gasteiger partial charge in [-0.25, -0.2) is 4.79 Å². The number of carbonyl (C=O) groups is 1. The van der Waals surface area contributed by atoms with E-state index in [-0.39, 0.29) is 0 Å². The Kier molecular flexibility index (Phi) is 3.07. The Balaban J connectivity index is 2.74. The number of aromatic carboxylic acids is 1. The molecule has 1 heterocycles. The number of benzene rings is 1. The first-order valence-electron chi connectivity index (χ1n) is 5.19. The first-order valence-corrected chi connectivity index (χ1v) is 5.98. The second-order valence-electron chi connectivity index (χ2n) is 3.92. The van der Waals surface area contributed by atoms with Gasteiger partial charge >= 0.3 is 5.97 Å². The lowest BCUT2D eigenvalue weighted by atomic mass is 10.1. The summed E-state index contributed by atoms with van der Waals surface area (Å²) in [6.07, 6.45) is 0. The van der Waals surface area contributed by atoms with E-state index in [1.165, 1.54) is 0 Å². The number of halogens is 1. The number of hydrogen-bond donors (Lipinski definition) is 1. The van der Waals surface area contributed by atoms with Crippen LogP contribution in [0.5, 0.6) is 0 Å². The lowest BCUT2D eigenvalue weighted by Gasteiger charge is -2.12. The molecule has 3 nitrogen and oxygen atoms in total. The maximum atomic E-state index is 11.2. The minimum absolute atomic E-state index is 0.301. The van der Waals surface area contributed by atoms with Crippen LogP contribution in [0.3, 0.4) is 0 Å². The van der Waals surface area contributed by atoms with Crippen LogP contribution >= 0.6 is 15.9 Å². The van der Waals surface area contributed by atoms with Crippen molar-refractivity contribution in [3.63, 3.8) is 0 Å². The van der Waals surface area contributed by atoms with Gasteiger partial charge in [-0.15, -0.1) is 0 Å². The van der Waals surface area contributed by atoms with Crippen LogP contribution in [0.15, 0.2) is 34.8 Å². The Morgan fingerprint density at radius 1 is 1.18 bits per heavy atom. The SMILES string of the molecule is Cc1ccc(C)n1-c1cc(Br)ccc1C(=O)O. The molecule has 0 aliphatic rings. The van der Waals surface area contributed by atoms with Crippen molar-refractivity contribution in [2.75, 3.05) is 0 Å². The zero-order valence-electron chi connectivity index (χ0n) is 9.57. The molecule has 0 radical (unpaired) electrons. The van der Waals surface area contributed by atoms with Crippen molar-refractivity contribution in [1.29, 1.82) is 0 Å². The predicted octanol–water partition coefficient (Wildman–Crippen LogP) is 3.55. The third kappa shape index (κ3) is 2.13. The van der Waals surface area contributed by atoms with E-state index in [0.29, 0.717) is 11.3 Å². The predicted molar refractivity (Wildman–Crippen MR) is 69.9 cm³/mol. The van der Waals surface area contributed by atoms with E-state index in [1.807, 2.05) is 36.6 Å². The average Bonchev–Trinajstić information content (AvgIpc) is 2.58. The van der Waals surface area contributed by atoms with Gasteiger partial charge in [0, 0.05) is 15.9 Å². The summed E-state index contributed by atoms with van der Waals surface area (Å²) in [5.41, 5.74) is 3.02. The van der Waals surface area contributed by atoms with Gasteiger partial charge in [0.05, 0.1) is 11.3 Å². The highest BCUT2D eigenvalue weighted by molar-refractivity contribution is 9.10. The van der Waals surface area contributed by atoms with Gasteiger partial charge in [-0.1, -0.05) is 15.9 Å².